The summed E-state index contributed by atoms with van der Waals surface area (Å²) in [5, 5.41) is 3.76. The molecule has 2 aromatic rings. The van der Waals surface area contributed by atoms with Gasteiger partial charge in [0.1, 0.15) is 7.11 Å². The van der Waals surface area contributed by atoms with Crippen LogP contribution in [0, 0.1) is 0 Å². The van der Waals surface area contributed by atoms with Crippen molar-refractivity contribution in [2.45, 2.75) is 31.9 Å². The maximum Gasteiger partial charge on any atom is 0.416 e. The topological polar surface area (TPSA) is 47.9 Å². The third kappa shape index (κ3) is 5.58. The summed E-state index contributed by atoms with van der Waals surface area (Å²) in [4.78, 5) is 16.7. The summed E-state index contributed by atoms with van der Waals surface area (Å²) in [5.74, 6) is -0.617. The molecule has 0 aliphatic heterocycles. The third-order valence-corrected chi connectivity index (χ3v) is 4.30. The first-order valence-corrected chi connectivity index (χ1v) is 8.81. The van der Waals surface area contributed by atoms with Gasteiger partial charge in [0.15, 0.2) is 5.71 Å². The van der Waals surface area contributed by atoms with Gasteiger partial charge >= 0.3 is 12.1 Å². The summed E-state index contributed by atoms with van der Waals surface area (Å²) < 4.78 is 44.0. The van der Waals surface area contributed by atoms with Crippen LogP contribution < -0.4 is 0 Å². The molecule has 150 valence electrons. The van der Waals surface area contributed by atoms with Crippen LogP contribution in [0.15, 0.2) is 53.7 Å². The molecule has 0 bridgehead atoms. The summed E-state index contributed by atoms with van der Waals surface area (Å²) >= 11 is 0. The zero-order valence-electron chi connectivity index (χ0n) is 15.8. The van der Waals surface area contributed by atoms with Gasteiger partial charge in [-0.05, 0) is 42.9 Å². The van der Waals surface area contributed by atoms with Crippen LogP contribution in [-0.2, 0) is 33.4 Å². The Kier molecular flexibility index (Phi) is 7.61. The Morgan fingerprint density at radius 3 is 2.11 bits per heavy atom. The lowest BCUT2D eigenvalue weighted by molar-refractivity contribution is -0.138. The second-order valence-electron chi connectivity index (χ2n) is 6.13. The van der Waals surface area contributed by atoms with E-state index in [0.29, 0.717) is 36.8 Å². The molecular formula is C21H22F3NO3. The van der Waals surface area contributed by atoms with Crippen LogP contribution in [0.5, 0.6) is 0 Å². The van der Waals surface area contributed by atoms with Crippen molar-refractivity contribution in [2.75, 3.05) is 14.2 Å². The van der Waals surface area contributed by atoms with Gasteiger partial charge in [0.25, 0.3) is 0 Å². The fourth-order valence-electron chi connectivity index (χ4n) is 3.00. The number of oxime groups is 1. The summed E-state index contributed by atoms with van der Waals surface area (Å²) in [6, 6.07) is 12.8. The maximum atomic E-state index is 13.1. The van der Waals surface area contributed by atoms with Crippen molar-refractivity contribution in [3.63, 3.8) is 0 Å². The van der Waals surface area contributed by atoms with E-state index in [1.165, 1.54) is 26.4 Å². The van der Waals surface area contributed by atoms with Crippen LogP contribution in [0.3, 0.4) is 0 Å². The van der Waals surface area contributed by atoms with E-state index in [1.54, 1.807) is 18.2 Å². The minimum absolute atomic E-state index is 0.0583. The van der Waals surface area contributed by atoms with E-state index < -0.39 is 17.7 Å². The van der Waals surface area contributed by atoms with Crippen molar-refractivity contribution in [3.05, 3.63) is 70.8 Å². The molecule has 0 amide bonds. The number of benzene rings is 2. The Morgan fingerprint density at radius 1 is 0.929 bits per heavy atom. The average molecular weight is 393 g/mol. The van der Waals surface area contributed by atoms with Gasteiger partial charge in [-0.1, -0.05) is 47.6 Å². The van der Waals surface area contributed by atoms with Gasteiger partial charge in [0.2, 0.25) is 0 Å². The molecule has 0 aromatic heterocycles. The fraction of sp³-hybridized carbons (Fsp3) is 0.333. The summed E-state index contributed by atoms with van der Waals surface area (Å²) in [6.45, 7) is 0. The van der Waals surface area contributed by atoms with Crippen LogP contribution in [-0.4, -0.2) is 25.9 Å². The average Bonchev–Trinajstić information content (AvgIpc) is 2.69. The standard InChI is InChI=1S/C21H22F3NO3/c1-27-20(26)19(25-28-2)17-13-7-5-10-15(17)9-3-4-11-16-12-6-8-14-18(16)21(22,23)24/h5-8,10,12-14H,3-4,9,11H2,1-2H3/b25-19+. The number of ether oxygens (including phenoxy) is 1. The highest BCUT2D eigenvalue weighted by Gasteiger charge is 2.32. The SMILES string of the molecule is CO/N=C(/C(=O)OC)c1ccccc1CCCCc1ccccc1C(F)(F)F. The predicted octanol–water partition coefficient (Wildman–Crippen LogP) is 4.79. The van der Waals surface area contributed by atoms with E-state index in [1.807, 2.05) is 12.1 Å². The number of esters is 1. The normalized spacial score (nSPS) is 12.0. The smallest absolute Gasteiger partial charge is 0.416 e. The van der Waals surface area contributed by atoms with E-state index in [9.17, 15) is 18.0 Å². The zero-order valence-corrected chi connectivity index (χ0v) is 15.8. The van der Waals surface area contributed by atoms with Gasteiger partial charge in [0.05, 0.1) is 12.7 Å². The lowest BCUT2D eigenvalue weighted by atomic mass is 9.96. The molecule has 0 aliphatic rings. The van der Waals surface area contributed by atoms with Crippen molar-refractivity contribution in [1.82, 2.24) is 0 Å². The number of nitrogens with zero attached hydrogens (tertiary/aromatic N) is 1. The summed E-state index contributed by atoms with van der Waals surface area (Å²) in [7, 11) is 2.60. The molecule has 0 heterocycles. The number of alkyl halides is 3. The number of unbranched alkanes of at least 4 members (excludes halogenated alkanes) is 1. The van der Waals surface area contributed by atoms with E-state index in [2.05, 4.69) is 5.16 Å². The Morgan fingerprint density at radius 2 is 1.50 bits per heavy atom. The maximum absolute atomic E-state index is 13.1. The number of hydrogen-bond donors (Lipinski definition) is 0. The first-order valence-electron chi connectivity index (χ1n) is 8.81. The molecule has 2 aromatic carbocycles. The molecular weight excluding hydrogens is 371 g/mol. The first-order chi connectivity index (χ1) is 13.4. The highest BCUT2D eigenvalue weighted by atomic mass is 19.4. The van der Waals surface area contributed by atoms with Crippen molar-refractivity contribution in [1.29, 1.82) is 0 Å². The molecule has 0 spiro atoms. The number of carbonyl (C=O) groups is 1. The Labute approximate surface area is 162 Å². The number of aryl methyl sites for hydroxylation is 2. The van der Waals surface area contributed by atoms with Crippen LogP contribution in [0.4, 0.5) is 13.2 Å². The quantitative estimate of drug-likeness (QED) is 0.280. The van der Waals surface area contributed by atoms with Crippen LogP contribution in [0.2, 0.25) is 0 Å². The lowest BCUT2D eigenvalue weighted by Gasteiger charge is -2.13. The van der Waals surface area contributed by atoms with Crippen LogP contribution in [0.1, 0.15) is 35.1 Å². The van der Waals surface area contributed by atoms with Crippen molar-refractivity contribution >= 4 is 11.7 Å². The minimum Gasteiger partial charge on any atom is -0.464 e. The Hall–Kier alpha value is -2.83. The zero-order chi connectivity index (χ0) is 20.6. The van der Waals surface area contributed by atoms with E-state index in [0.717, 1.165) is 11.6 Å². The number of methoxy groups -OCH3 is 1. The van der Waals surface area contributed by atoms with Crippen molar-refractivity contribution < 1.29 is 27.5 Å². The molecule has 0 fully saturated rings. The second-order valence-corrected chi connectivity index (χ2v) is 6.13. The minimum atomic E-state index is -4.35. The molecule has 4 nitrogen and oxygen atoms in total. The number of hydrogen-bond acceptors (Lipinski definition) is 4. The van der Waals surface area contributed by atoms with Gasteiger partial charge in [-0.3, -0.25) is 0 Å². The van der Waals surface area contributed by atoms with Crippen LogP contribution in [0.25, 0.3) is 0 Å². The largest absolute Gasteiger partial charge is 0.464 e. The van der Waals surface area contributed by atoms with Gasteiger partial charge in [-0.2, -0.15) is 13.2 Å². The van der Waals surface area contributed by atoms with Crippen molar-refractivity contribution in [2.24, 2.45) is 5.16 Å². The van der Waals surface area contributed by atoms with Crippen LogP contribution >= 0.6 is 0 Å². The molecule has 0 radical (unpaired) electrons. The third-order valence-electron chi connectivity index (χ3n) is 4.30. The number of rotatable bonds is 8. The predicted molar refractivity (Wildman–Crippen MR) is 100 cm³/mol. The second kappa shape index (κ2) is 9.92. The van der Waals surface area contributed by atoms with E-state index in [-0.39, 0.29) is 5.71 Å². The van der Waals surface area contributed by atoms with Gasteiger partial charge in [0, 0.05) is 5.56 Å². The molecule has 7 heteroatoms. The van der Waals surface area contributed by atoms with Gasteiger partial charge in [-0.25, -0.2) is 4.79 Å². The molecule has 0 atom stereocenters. The monoisotopic (exact) mass is 393 g/mol. The summed E-state index contributed by atoms with van der Waals surface area (Å²) in [6.07, 6.45) is -2.20. The van der Waals surface area contributed by atoms with Gasteiger partial charge in [-0.15, -0.1) is 0 Å². The Bertz CT molecular complexity index is 832. The lowest BCUT2D eigenvalue weighted by Crippen LogP contribution is -2.19. The van der Waals surface area contributed by atoms with E-state index >= 15 is 0 Å². The highest BCUT2D eigenvalue weighted by molar-refractivity contribution is 6.43. The number of halogens is 3. The molecule has 0 N–H and O–H groups in total. The Balaban J connectivity index is 2.07. The summed E-state index contributed by atoms with van der Waals surface area (Å²) in [5.41, 5.74) is 1.21. The van der Waals surface area contributed by atoms with Gasteiger partial charge < -0.3 is 9.57 Å². The van der Waals surface area contributed by atoms with E-state index in [4.69, 9.17) is 9.57 Å². The molecule has 0 aliphatic carbocycles. The molecule has 0 saturated heterocycles. The highest BCUT2D eigenvalue weighted by Crippen LogP contribution is 2.32. The fourth-order valence-corrected chi connectivity index (χ4v) is 3.00. The molecule has 0 saturated carbocycles. The molecule has 28 heavy (non-hydrogen) atoms. The first kappa shape index (κ1) is 21.5. The number of carbonyl (C=O) groups excluding carboxylic acids is 1. The molecule has 2 rings (SSSR count). The molecule has 0 unspecified atom stereocenters. The van der Waals surface area contributed by atoms with Crippen molar-refractivity contribution in [3.8, 4) is 0 Å².